The number of benzene rings is 1. The number of hydrogen-bond donors (Lipinski definition) is 1. The number of hydrogen-bond acceptors (Lipinski definition) is 3. The molecule has 0 saturated heterocycles. The van der Waals surface area contributed by atoms with Crippen LogP contribution in [0.2, 0.25) is 0 Å². The van der Waals surface area contributed by atoms with Gasteiger partial charge in [0.1, 0.15) is 22.1 Å². The summed E-state index contributed by atoms with van der Waals surface area (Å²) in [5.74, 6) is 1.12. The largest absolute Gasteiger partial charge is 0.366 e. The number of nitrogens with one attached hydrogen (secondary N) is 1. The molecule has 17 heavy (non-hydrogen) atoms. The molecule has 1 N–H and O–H groups in total. The second kappa shape index (κ2) is 5.23. The molecule has 88 valence electrons. The van der Waals surface area contributed by atoms with Crippen molar-refractivity contribution < 1.29 is 4.39 Å². The molecular weight excluding hydrogens is 285 g/mol. The van der Waals surface area contributed by atoms with Gasteiger partial charge in [-0.25, -0.2) is 14.4 Å². The topological polar surface area (TPSA) is 37.8 Å². The summed E-state index contributed by atoms with van der Waals surface area (Å²) in [7, 11) is 0. The van der Waals surface area contributed by atoms with Crippen LogP contribution < -0.4 is 5.32 Å². The van der Waals surface area contributed by atoms with Crippen molar-refractivity contribution >= 4 is 21.7 Å². The Bertz CT molecular complexity index is 511. The minimum Gasteiger partial charge on any atom is -0.366 e. The molecule has 1 aromatic heterocycles. The van der Waals surface area contributed by atoms with Crippen molar-refractivity contribution in [2.45, 2.75) is 13.5 Å². The van der Waals surface area contributed by atoms with Crippen LogP contribution in [-0.2, 0) is 6.54 Å². The van der Waals surface area contributed by atoms with E-state index in [0.717, 1.165) is 0 Å². The highest BCUT2D eigenvalue weighted by Gasteiger charge is 2.02. The molecule has 0 aliphatic carbocycles. The van der Waals surface area contributed by atoms with Gasteiger partial charge in [0.05, 0.1) is 0 Å². The van der Waals surface area contributed by atoms with E-state index in [4.69, 9.17) is 0 Å². The lowest BCUT2D eigenvalue weighted by molar-refractivity contribution is 0.613. The van der Waals surface area contributed by atoms with Gasteiger partial charge in [0, 0.05) is 18.2 Å². The molecule has 1 aromatic carbocycles. The van der Waals surface area contributed by atoms with Crippen LogP contribution in [-0.4, -0.2) is 9.97 Å². The standard InChI is InChI=1S/C12H11BrFN3/c1-8-16-11(13)6-12(17-8)15-7-9-4-2-3-5-10(9)14/h2-6H,7H2,1H3,(H,15,16,17). The van der Waals surface area contributed by atoms with Crippen molar-refractivity contribution in [2.24, 2.45) is 0 Å². The second-order valence-corrected chi connectivity index (χ2v) is 4.38. The highest BCUT2D eigenvalue weighted by atomic mass is 79.9. The summed E-state index contributed by atoms with van der Waals surface area (Å²) in [5.41, 5.74) is 0.611. The van der Waals surface area contributed by atoms with Crippen LogP contribution in [0.5, 0.6) is 0 Å². The smallest absolute Gasteiger partial charge is 0.131 e. The molecule has 0 saturated carbocycles. The van der Waals surface area contributed by atoms with Crippen LogP contribution in [0.25, 0.3) is 0 Å². The van der Waals surface area contributed by atoms with Gasteiger partial charge in [0.2, 0.25) is 0 Å². The summed E-state index contributed by atoms with van der Waals surface area (Å²) in [5, 5.41) is 3.06. The maximum absolute atomic E-state index is 13.4. The summed E-state index contributed by atoms with van der Waals surface area (Å²) in [6.45, 7) is 2.20. The molecule has 0 aliphatic rings. The van der Waals surface area contributed by atoms with E-state index in [1.807, 2.05) is 0 Å². The summed E-state index contributed by atoms with van der Waals surface area (Å²) < 4.78 is 14.1. The monoisotopic (exact) mass is 295 g/mol. The molecule has 1 heterocycles. The molecule has 3 nitrogen and oxygen atoms in total. The zero-order valence-electron chi connectivity index (χ0n) is 9.24. The van der Waals surface area contributed by atoms with E-state index < -0.39 is 0 Å². The Morgan fingerprint density at radius 3 is 2.76 bits per heavy atom. The maximum atomic E-state index is 13.4. The van der Waals surface area contributed by atoms with Crippen molar-refractivity contribution in [3.63, 3.8) is 0 Å². The Kier molecular flexibility index (Phi) is 3.68. The highest BCUT2D eigenvalue weighted by Crippen LogP contribution is 2.14. The zero-order chi connectivity index (χ0) is 12.3. The summed E-state index contributed by atoms with van der Waals surface area (Å²) in [4.78, 5) is 8.30. The number of halogens is 2. The normalized spacial score (nSPS) is 10.3. The minimum atomic E-state index is -0.218. The molecule has 2 aromatic rings. The first-order valence-electron chi connectivity index (χ1n) is 5.13. The number of nitrogens with zero attached hydrogens (tertiary/aromatic N) is 2. The van der Waals surface area contributed by atoms with Gasteiger partial charge in [-0.05, 0) is 28.9 Å². The van der Waals surface area contributed by atoms with Crippen LogP contribution in [0.4, 0.5) is 10.2 Å². The predicted octanol–water partition coefficient (Wildman–Crippen LogP) is 3.30. The lowest BCUT2D eigenvalue weighted by Crippen LogP contribution is -2.04. The Morgan fingerprint density at radius 2 is 2.06 bits per heavy atom. The van der Waals surface area contributed by atoms with Crippen molar-refractivity contribution in [3.05, 3.63) is 52.1 Å². The molecule has 0 bridgehead atoms. The SMILES string of the molecule is Cc1nc(Br)cc(NCc2ccccc2F)n1. The van der Waals surface area contributed by atoms with Crippen LogP contribution in [0.15, 0.2) is 34.9 Å². The summed E-state index contributed by atoms with van der Waals surface area (Å²) in [6.07, 6.45) is 0. The maximum Gasteiger partial charge on any atom is 0.131 e. The molecule has 5 heteroatoms. The molecule has 2 rings (SSSR count). The quantitative estimate of drug-likeness (QED) is 0.883. The lowest BCUT2D eigenvalue weighted by atomic mass is 10.2. The third kappa shape index (κ3) is 3.23. The Morgan fingerprint density at radius 1 is 1.29 bits per heavy atom. The fraction of sp³-hybridized carbons (Fsp3) is 0.167. The Hall–Kier alpha value is -1.49. The van der Waals surface area contributed by atoms with Gasteiger partial charge in [-0.2, -0.15) is 0 Å². The van der Waals surface area contributed by atoms with Gasteiger partial charge < -0.3 is 5.32 Å². The number of aryl methyl sites for hydroxylation is 1. The zero-order valence-corrected chi connectivity index (χ0v) is 10.8. The lowest BCUT2D eigenvalue weighted by Gasteiger charge is -2.07. The van der Waals surface area contributed by atoms with E-state index in [-0.39, 0.29) is 5.82 Å². The average molecular weight is 296 g/mol. The fourth-order valence-electron chi connectivity index (χ4n) is 1.45. The van der Waals surface area contributed by atoms with Crippen LogP contribution in [0, 0.1) is 12.7 Å². The molecule has 0 fully saturated rings. The Balaban J connectivity index is 2.10. The van der Waals surface area contributed by atoms with E-state index in [1.54, 1.807) is 31.2 Å². The average Bonchev–Trinajstić information content (AvgIpc) is 2.27. The minimum absolute atomic E-state index is 0.218. The van der Waals surface area contributed by atoms with Gasteiger partial charge in [0.25, 0.3) is 0 Å². The van der Waals surface area contributed by atoms with E-state index in [9.17, 15) is 4.39 Å². The molecule has 0 aliphatic heterocycles. The van der Waals surface area contributed by atoms with Gasteiger partial charge in [-0.1, -0.05) is 18.2 Å². The highest BCUT2D eigenvalue weighted by molar-refractivity contribution is 9.10. The number of anilines is 1. The first kappa shape index (κ1) is 12.0. The van der Waals surface area contributed by atoms with Crippen molar-refractivity contribution in [1.29, 1.82) is 0 Å². The van der Waals surface area contributed by atoms with Gasteiger partial charge in [-0.15, -0.1) is 0 Å². The second-order valence-electron chi connectivity index (χ2n) is 3.57. The molecular formula is C12H11BrFN3. The summed E-state index contributed by atoms with van der Waals surface area (Å²) in [6, 6.07) is 8.42. The van der Waals surface area contributed by atoms with Crippen LogP contribution in [0.1, 0.15) is 11.4 Å². The van der Waals surface area contributed by atoms with E-state index in [2.05, 4.69) is 31.2 Å². The van der Waals surface area contributed by atoms with Crippen LogP contribution >= 0.6 is 15.9 Å². The van der Waals surface area contributed by atoms with Gasteiger partial charge >= 0.3 is 0 Å². The molecule has 0 atom stereocenters. The van der Waals surface area contributed by atoms with E-state index in [1.165, 1.54) is 6.07 Å². The summed E-state index contributed by atoms with van der Waals surface area (Å²) >= 11 is 3.29. The van der Waals surface area contributed by atoms with Crippen molar-refractivity contribution in [2.75, 3.05) is 5.32 Å². The van der Waals surface area contributed by atoms with E-state index in [0.29, 0.717) is 28.4 Å². The molecule has 0 radical (unpaired) electrons. The third-order valence-corrected chi connectivity index (χ3v) is 2.63. The fourth-order valence-corrected chi connectivity index (χ4v) is 1.92. The molecule has 0 spiro atoms. The van der Waals surface area contributed by atoms with E-state index >= 15 is 0 Å². The molecule has 0 amide bonds. The van der Waals surface area contributed by atoms with Crippen molar-refractivity contribution in [3.8, 4) is 0 Å². The Labute approximate surface area is 107 Å². The first-order chi connectivity index (χ1) is 8.15. The number of rotatable bonds is 3. The van der Waals surface area contributed by atoms with Gasteiger partial charge in [0.15, 0.2) is 0 Å². The van der Waals surface area contributed by atoms with Crippen LogP contribution in [0.3, 0.4) is 0 Å². The third-order valence-electron chi connectivity index (χ3n) is 2.22. The molecule has 0 unspecified atom stereocenters. The number of aromatic nitrogens is 2. The van der Waals surface area contributed by atoms with Gasteiger partial charge in [-0.3, -0.25) is 0 Å². The first-order valence-corrected chi connectivity index (χ1v) is 5.93. The predicted molar refractivity (Wildman–Crippen MR) is 68.2 cm³/mol. The van der Waals surface area contributed by atoms with Crippen molar-refractivity contribution in [1.82, 2.24) is 9.97 Å².